The minimum atomic E-state index is 0.00162. The molecule has 1 aromatic rings. The van der Waals surface area contributed by atoms with Gasteiger partial charge in [0, 0.05) is 30.4 Å². The zero-order chi connectivity index (χ0) is 13.8. The van der Waals surface area contributed by atoms with Crippen molar-refractivity contribution in [3.05, 3.63) is 29.3 Å². The standard InChI is InChI=1S/C15H19N3O/c1-11(2)18(9-3-7-16)15(19)13-5-4-12-6-8-17-14(12)10-13/h4-5,10-11,17H,3,6,8-9H2,1-2H3. The zero-order valence-electron chi connectivity index (χ0n) is 11.4. The van der Waals surface area contributed by atoms with Crippen molar-refractivity contribution in [2.24, 2.45) is 0 Å². The predicted octanol–water partition coefficient (Wildman–Crippen LogP) is 2.42. The first kappa shape index (κ1) is 13.4. The number of amides is 1. The molecule has 100 valence electrons. The Balaban J connectivity index is 2.19. The molecule has 1 N–H and O–H groups in total. The number of nitrogens with zero attached hydrogens (tertiary/aromatic N) is 2. The summed E-state index contributed by atoms with van der Waals surface area (Å²) in [5.74, 6) is 0.00162. The van der Waals surface area contributed by atoms with Gasteiger partial charge in [-0.15, -0.1) is 0 Å². The highest BCUT2D eigenvalue weighted by Gasteiger charge is 2.20. The van der Waals surface area contributed by atoms with Crippen molar-refractivity contribution < 1.29 is 4.79 Å². The maximum Gasteiger partial charge on any atom is 0.254 e. The summed E-state index contributed by atoms with van der Waals surface area (Å²) >= 11 is 0. The summed E-state index contributed by atoms with van der Waals surface area (Å²) in [6, 6.07) is 8.02. The largest absolute Gasteiger partial charge is 0.384 e. The molecule has 0 atom stereocenters. The first-order valence-electron chi connectivity index (χ1n) is 6.68. The molecule has 0 fully saturated rings. The van der Waals surface area contributed by atoms with Gasteiger partial charge in [-0.05, 0) is 38.0 Å². The van der Waals surface area contributed by atoms with Gasteiger partial charge < -0.3 is 10.2 Å². The Labute approximate surface area is 114 Å². The fraction of sp³-hybridized carbons (Fsp3) is 0.467. The number of fused-ring (bicyclic) bond motifs is 1. The third-order valence-corrected chi connectivity index (χ3v) is 3.42. The summed E-state index contributed by atoms with van der Waals surface area (Å²) in [4.78, 5) is 14.2. The van der Waals surface area contributed by atoms with Crippen LogP contribution in [0.3, 0.4) is 0 Å². The lowest BCUT2D eigenvalue weighted by atomic mass is 10.1. The Morgan fingerprint density at radius 1 is 1.53 bits per heavy atom. The molecular formula is C15H19N3O. The molecule has 0 radical (unpaired) electrons. The molecule has 0 spiro atoms. The smallest absolute Gasteiger partial charge is 0.254 e. The fourth-order valence-corrected chi connectivity index (χ4v) is 2.35. The molecule has 1 aliphatic rings. The first-order chi connectivity index (χ1) is 9.13. The maximum atomic E-state index is 12.5. The Morgan fingerprint density at radius 2 is 2.32 bits per heavy atom. The molecule has 1 amide bonds. The Bertz CT molecular complexity index is 517. The molecule has 19 heavy (non-hydrogen) atoms. The van der Waals surface area contributed by atoms with Crippen molar-refractivity contribution in [1.82, 2.24) is 4.90 Å². The van der Waals surface area contributed by atoms with E-state index >= 15 is 0 Å². The van der Waals surface area contributed by atoms with E-state index in [1.54, 1.807) is 4.90 Å². The number of rotatable bonds is 4. The third kappa shape index (κ3) is 2.87. The number of nitrogens with one attached hydrogen (secondary N) is 1. The molecule has 0 bridgehead atoms. The highest BCUT2D eigenvalue weighted by Crippen LogP contribution is 2.24. The van der Waals surface area contributed by atoms with Crippen LogP contribution in [0, 0.1) is 11.3 Å². The lowest BCUT2D eigenvalue weighted by Crippen LogP contribution is -2.37. The van der Waals surface area contributed by atoms with E-state index in [1.165, 1.54) is 5.56 Å². The van der Waals surface area contributed by atoms with Crippen molar-refractivity contribution in [3.8, 4) is 6.07 Å². The monoisotopic (exact) mass is 257 g/mol. The first-order valence-corrected chi connectivity index (χ1v) is 6.68. The maximum absolute atomic E-state index is 12.5. The average Bonchev–Trinajstić information content (AvgIpc) is 2.85. The molecule has 0 saturated carbocycles. The van der Waals surface area contributed by atoms with Gasteiger partial charge in [-0.1, -0.05) is 6.07 Å². The van der Waals surface area contributed by atoms with Crippen LogP contribution in [-0.4, -0.2) is 29.9 Å². The van der Waals surface area contributed by atoms with Gasteiger partial charge in [-0.2, -0.15) is 5.26 Å². The van der Waals surface area contributed by atoms with Crippen LogP contribution in [0.1, 0.15) is 36.2 Å². The van der Waals surface area contributed by atoms with Crippen molar-refractivity contribution in [1.29, 1.82) is 5.26 Å². The highest BCUT2D eigenvalue weighted by molar-refractivity contribution is 5.95. The van der Waals surface area contributed by atoms with Gasteiger partial charge in [0.25, 0.3) is 5.91 Å². The van der Waals surface area contributed by atoms with Gasteiger partial charge in [-0.3, -0.25) is 4.79 Å². The number of anilines is 1. The van der Waals surface area contributed by atoms with Crippen LogP contribution in [0.4, 0.5) is 5.69 Å². The van der Waals surface area contributed by atoms with E-state index in [4.69, 9.17) is 5.26 Å². The summed E-state index contributed by atoms with van der Waals surface area (Å²) < 4.78 is 0. The van der Waals surface area contributed by atoms with Crippen LogP contribution in [0.25, 0.3) is 0 Å². The number of benzene rings is 1. The van der Waals surface area contributed by atoms with E-state index in [2.05, 4.69) is 11.4 Å². The van der Waals surface area contributed by atoms with Crippen LogP contribution in [-0.2, 0) is 6.42 Å². The molecule has 1 aromatic carbocycles. The molecule has 1 heterocycles. The highest BCUT2D eigenvalue weighted by atomic mass is 16.2. The number of carbonyl (C=O) groups is 1. The second-order valence-electron chi connectivity index (χ2n) is 5.05. The fourth-order valence-electron chi connectivity index (χ4n) is 2.35. The minimum Gasteiger partial charge on any atom is -0.384 e. The zero-order valence-corrected chi connectivity index (χ0v) is 11.4. The van der Waals surface area contributed by atoms with Gasteiger partial charge in [0.2, 0.25) is 0 Å². The second kappa shape index (κ2) is 5.75. The predicted molar refractivity (Wildman–Crippen MR) is 75.0 cm³/mol. The van der Waals surface area contributed by atoms with E-state index < -0.39 is 0 Å². The molecule has 0 saturated heterocycles. The van der Waals surface area contributed by atoms with Gasteiger partial charge in [0.05, 0.1) is 12.5 Å². The lowest BCUT2D eigenvalue weighted by molar-refractivity contribution is 0.0710. The molecule has 1 aliphatic heterocycles. The van der Waals surface area contributed by atoms with E-state index in [0.29, 0.717) is 18.5 Å². The van der Waals surface area contributed by atoms with E-state index in [1.807, 2.05) is 32.0 Å². The van der Waals surface area contributed by atoms with E-state index in [-0.39, 0.29) is 11.9 Å². The molecule has 0 unspecified atom stereocenters. The molecular weight excluding hydrogens is 238 g/mol. The summed E-state index contributed by atoms with van der Waals surface area (Å²) in [6.07, 6.45) is 1.39. The van der Waals surface area contributed by atoms with Crippen LogP contribution in [0.5, 0.6) is 0 Å². The second-order valence-corrected chi connectivity index (χ2v) is 5.05. The summed E-state index contributed by atoms with van der Waals surface area (Å²) in [5.41, 5.74) is 3.03. The van der Waals surface area contributed by atoms with Crippen molar-refractivity contribution >= 4 is 11.6 Å². The third-order valence-electron chi connectivity index (χ3n) is 3.42. The van der Waals surface area contributed by atoms with Crippen LogP contribution in [0.2, 0.25) is 0 Å². The lowest BCUT2D eigenvalue weighted by Gasteiger charge is -2.26. The average molecular weight is 257 g/mol. The van der Waals surface area contributed by atoms with Crippen LogP contribution >= 0.6 is 0 Å². The Hall–Kier alpha value is -2.02. The van der Waals surface area contributed by atoms with Gasteiger partial charge in [0.1, 0.15) is 0 Å². The van der Waals surface area contributed by atoms with E-state index in [0.717, 1.165) is 18.7 Å². The summed E-state index contributed by atoms with van der Waals surface area (Å²) in [7, 11) is 0. The minimum absolute atomic E-state index is 0.00162. The van der Waals surface area contributed by atoms with Crippen LogP contribution < -0.4 is 5.32 Å². The normalized spacial score (nSPS) is 12.7. The summed E-state index contributed by atoms with van der Waals surface area (Å²) in [5, 5.41) is 12.0. The molecule has 0 aliphatic carbocycles. The Morgan fingerprint density at radius 3 is 3.00 bits per heavy atom. The number of nitriles is 1. The molecule has 4 heteroatoms. The van der Waals surface area contributed by atoms with Crippen molar-refractivity contribution in [2.75, 3.05) is 18.4 Å². The number of carbonyl (C=O) groups excluding carboxylic acids is 1. The van der Waals surface area contributed by atoms with Gasteiger partial charge >= 0.3 is 0 Å². The van der Waals surface area contributed by atoms with Crippen molar-refractivity contribution in [2.45, 2.75) is 32.7 Å². The van der Waals surface area contributed by atoms with Crippen molar-refractivity contribution in [3.63, 3.8) is 0 Å². The summed E-state index contributed by atoms with van der Waals surface area (Å²) in [6.45, 7) is 5.37. The number of hydrogen-bond acceptors (Lipinski definition) is 3. The SMILES string of the molecule is CC(C)N(CCC#N)C(=O)c1ccc2c(c1)NCC2. The van der Waals surface area contributed by atoms with Gasteiger partial charge in [-0.25, -0.2) is 0 Å². The molecule has 2 rings (SSSR count). The Kier molecular flexibility index (Phi) is 4.06. The number of hydrogen-bond donors (Lipinski definition) is 1. The molecule has 0 aromatic heterocycles. The van der Waals surface area contributed by atoms with Crippen LogP contribution in [0.15, 0.2) is 18.2 Å². The topological polar surface area (TPSA) is 56.1 Å². The van der Waals surface area contributed by atoms with Gasteiger partial charge in [0.15, 0.2) is 0 Å². The quantitative estimate of drug-likeness (QED) is 0.901. The van der Waals surface area contributed by atoms with E-state index in [9.17, 15) is 4.79 Å². The molecule has 4 nitrogen and oxygen atoms in total.